The molecule has 0 aromatic heterocycles. The van der Waals surface area contributed by atoms with Crippen LogP contribution in [-0.2, 0) is 14.8 Å². The van der Waals surface area contributed by atoms with E-state index in [1.807, 2.05) is 44.2 Å². The lowest BCUT2D eigenvalue weighted by molar-refractivity contribution is 0.0671. The van der Waals surface area contributed by atoms with Crippen LogP contribution >= 0.6 is 0 Å². The highest BCUT2D eigenvalue weighted by Crippen LogP contribution is 2.29. The van der Waals surface area contributed by atoms with Gasteiger partial charge in [-0.1, -0.05) is 30.3 Å². The number of carbonyl (C=O) groups is 1. The zero-order valence-electron chi connectivity index (χ0n) is 23.6. The maximum absolute atomic E-state index is 13.7. The van der Waals surface area contributed by atoms with E-state index in [-0.39, 0.29) is 28.8 Å². The minimum Gasteiger partial charge on any atom is -0.493 e. The van der Waals surface area contributed by atoms with E-state index >= 15 is 0 Å². The molecule has 2 unspecified atom stereocenters. The van der Waals surface area contributed by atoms with E-state index in [2.05, 4.69) is 10.0 Å². The molecule has 2 N–H and O–H groups in total. The van der Waals surface area contributed by atoms with E-state index in [0.29, 0.717) is 56.3 Å². The zero-order valence-corrected chi connectivity index (χ0v) is 24.4. The third-order valence-electron chi connectivity index (χ3n) is 7.15. The van der Waals surface area contributed by atoms with E-state index in [1.165, 1.54) is 0 Å². The first-order valence-corrected chi connectivity index (χ1v) is 15.0. The average molecular weight is 570 g/mol. The SMILES string of the molecule is COCCCOc1cc(C(=O)N(CC2CNCC2NS(=O)(=O)c2ccc3ccccc3c2)C(C)C)ccc1OC. The van der Waals surface area contributed by atoms with Crippen molar-refractivity contribution in [1.82, 2.24) is 14.9 Å². The molecule has 1 heterocycles. The molecule has 3 aromatic rings. The van der Waals surface area contributed by atoms with Crippen LogP contribution in [0, 0.1) is 5.92 Å². The van der Waals surface area contributed by atoms with Crippen molar-refractivity contribution in [2.75, 3.05) is 47.1 Å². The summed E-state index contributed by atoms with van der Waals surface area (Å²) < 4.78 is 45.9. The Morgan fingerprint density at radius 1 is 1.00 bits per heavy atom. The number of hydrogen-bond acceptors (Lipinski definition) is 7. The summed E-state index contributed by atoms with van der Waals surface area (Å²) in [6.45, 7) is 6.40. The Morgan fingerprint density at radius 3 is 2.50 bits per heavy atom. The first-order valence-electron chi connectivity index (χ1n) is 13.6. The minimum absolute atomic E-state index is 0.0981. The number of benzene rings is 3. The number of ether oxygens (including phenoxy) is 3. The van der Waals surface area contributed by atoms with Gasteiger partial charge in [0.2, 0.25) is 10.0 Å². The van der Waals surface area contributed by atoms with Gasteiger partial charge in [0.15, 0.2) is 11.5 Å². The van der Waals surface area contributed by atoms with E-state index in [0.717, 1.165) is 10.8 Å². The van der Waals surface area contributed by atoms with Crippen molar-refractivity contribution in [3.63, 3.8) is 0 Å². The summed E-state index contributed by atoms with van der Waals surface area (Å²) >= 11 is 0. The van der Waals surface area contributed by atoms with Gasteiger partial charge in [-0.05, 0) is 55.0 Å². The largest absolute Gasteiger partial charge is 0.493 e. The van der Waals surface area contributed by atoms with Gasteiger partial charge in [-0.2, -0.15) is 0 Å². The summed E-state index contributed by atoms with van der Waals surface area (Å²) in [6, 6.07) is 17.5. The lowest BCUT2D eigenvalue weighted by Gasteiger charge is -2.32. The molecule has 9 nitrogen and oxygen atoms in total. The summed E-state index contributed by atoms with van der Waals surface area (Å²) in [7, 11) is -0.557. The molecule has 1 fully saturated rings. The highest BCUT2D eigenvalue weighted by atomic mass is 32.2. The van der Waals surface area contributed by atoms with Crippen LogP contribution < -0.4 is 19.5 Å². The summed E-state index contributed by atoms with van der Waals surface area (Å²) in [5.41, 5.74) is 0.482. The van der Waals surface area contributed by atoms with Gasteiger partial charge >= 0.3 is 0 Å². The summed E-state index contributed by atoms with van der Waals surface area (Å²) in [5.74, 6) is 0.789. The fraction of sp³-hybridized carbons (Fsp3) is 0.433. The van der Waals surface area contributed by atoms with Gasteiger partial charge < -0.3 is 24.4 Å². The predicted molar refractivity (Wildman–Crippen MR) is 156 cm³/mol. The van der Waals surface area contributed by atoms with Crippen LogP contribution in [0.15, 0.2) is 65.6 Å². The number of carbonyl (C=O) groups excluding carboxylic acids is 1. The second-order valence-electron chi connectivity index (χ2n) is 10.3. The number of hydrogen-bond donors (Lipinski definition) is 2. The molecule has 1 aliphatic rings. The lowest BCUT2D eigenvalue weighted by atomic mass is 10.0. The van der Waals surface area contributed by atoms with Crippen LogP contribution in [0.2, 0.25) is 0 Å². The van der Waals surface area contributed by atoms with Crippen molar-refractivity contribution in [3.05, 3.63) is 66.2 Å². The number of nitrogens with one attached hydrogen (secondary N) is 2. The molecule has 2 atom stereocenters. The Kier molecular flexibility index (Phi) is 10.0. The molecular formula is C30H39N3O6S. The average Bonchev–Trinajstić information content (AvgIpc) is 3.38. The monoisotopic (exact) mass is 569 g/mol. The van der Waals surface area contributed by atoms with Crippen LogP contribution in [0.4, 0.5) is 0 Å². The van der Waals surface area contributed by atoms with Gasteiger partial charge in [0.05, 0.1) is 18.6 Å². The number of methoxy groups -OCH3 is 2. The van der Waals surface area contributed by atoms with Crippen molar-refractivity contribution in [2.24, 2.45) is 5.92 Å². The Morgan fingerprint density at radius 2 is 1.77 bits per heavy atom. The summed E-state index contributed by atoms with van der Waals surface area (Å²) in [5, 5.41) is 5.14. The summed E-state index contributed by atoms with van der Waals surface area (Å²) in [6.07, 6.45) is 0.709. The third-order valence-corrected chi connectivity index (χ3v) is 8.64. The van der Waals surface area contributed by atoms with Crippen LogP contribution in [-0.4, -0.2) is 78.4 Å². The molecule has 3 aromatic carbocycles. The molecule has 4 rings (SSSR count). The first-order chi connectivity index (χ1) is 19.2. The lowest BCUT2D eigenvalue weighted by Crippen LogP contribution is -2.47. The molecule has 10 heteroatoms. The number of fused-ring (bicyclic) bond motifs is 1. The Balaban J connectivity index is 1.48. The minimum atomic E-state index is -3.76. The van der Waals surface area contributed by atoms with Crippen molar-refractivity contribution in [2.45, 2.75) is 37.2 Å². The fourth-order valence-electron chi connectivity index (χ4n) is 4.92. The molecular weight excluding hydrogens is 530 g/mol. The van der Waals surface area contributed by atoms with Gasteiger partial charge in [0.25, 0.3) is 5.91 Å². The van der Waals surface area contributed by atoms with Gasteiger partial charge in [-0.25, -0.2) is 13.1 Å². The predicted octanol–water partition coefficient (Wildman–Crippen LogP) is 3.68. The topological polar surface area (TPSA) is 106 Å². The number of sulfonamides is 1. The van der Waals surface area contributed by atoms with Crippen molar-refractivity contribution >= 4 is 26.7 Å². The highest BCUT2D eigenvalue weighted by molar-refractivity contribution is 7.89. The quantitative estimate of drug-likeness (QED) is 0.303. The van der Waals surface area contributed by atoms with Gasteiger partial charge in [-0.15, -0.1) is 0 Å². The molecule has 0 aliphatic carbocycles. The first kappa shape index (κ1) is 29.8. The molecule has 0 radical (unpaired) electrons. The summed E-state index contributed by atoms with van der Waals surface area (Å²) in [4.78, 5) is 15.7. The Labute approximate surface area is 236 Å². The fourth-order valence-corrected chi connectivity index (χ4v) is 6.26. The molecule has 1 saturated heterocycles. The molecule has 216 valence electrons. The van der Waals surface area contributed by atoms with E-state index < -0.39 is 10.0 Å². The number of nitrogens with zero attached hydrogens (tertiary/aromatic N) is 1. The number of amides is 1. The molecule has 0 bridgehead atoms. The normalized spacial score (nSPS) is 17.3. The second kappa shape index (κ2) is 13.5. The zero-order chi connectivity index (χ0) is 28.7. The van der Waals surface area contributed by atoms with Crippen LogP contribution in [0.5, 0.6) is 11.5 Å². The van der Waals surface area contributed by atoms with Crippen LogP contribution in [0.3, 0.4) is 0 Å². The molecule has 1 aliphatic heterocycles. The van der Waals surface area contributed by atoms with E-state index in [9.17, 15) is 13.2 Å². The number of rotatable bonds is 13. The van der Waals surface area contributed by atoms with Crippen LogP contribution in [0.25, 0.3) is 10.8 Å². The smallest absolute Gasteiger partial charge is 0.254 e. The maximum atomic E-state index is 13.7. The molecule has 0 saturated carbocycles. The van der Waals surface area contributed by atoms with Gasteiger partial charge in [0.1, 0.15) is 0 Å². The second-order valence-corrected chi connectivity index (χ2v) is 12.0. The van der Waals surface area contributed by atoms with Crippen molar-refractivity contribution in [1.29, 1.82) is 0 Å². The third kappa shape index (κ3) is 7.11. The maximum Gasteiger partial charge on any atom is 0.254 e. The van der Waals surface area contributed by atoms with Crippen LogP contribution in [0.1, 0.15) is 30.6 Å². The van der Waals surface area contributed by atoms with E-state index in [4.69, 9.17) is 14.2 Å². The molecule has 40 heavy (non-hydrogen) atoms. The Hall–Kier alpha value is -3.18. The Bertz CT molecular complexity index is 1410. The van der Waals surface area contributed by atoms with Crippen molar-refractivity contribution < 1.29 is 27.4 Å². The highest BCUT2D eigenvalue weighted by Gasteiger charge is 2.34. The molecule has 0 spiro atoms. The van der Waals surface area contributed by atoms with Gasteiger partial charge in [0, 0.05) is 63.3 Å². The van der Waals surface area contributed by atoms with Gasteiger partial charge in [-0.3, -0.25) is 4.79 Å². The molecule has 1 amide bonds. The standard InChI is InChI=1S/C30H39N3O6S/c1-21(2)33(30(34)24-11-13-28(38-4)29(17-24)39-15-7-14-37-3)20-25-18-31-19-27(25)32-40(35,36)26-12-10-22-8-5-6-9-23(22)16-26/h5-6,8-13,16-17,21,25,27,31-32H,7,14-15,18-20H2,1-4H3. The van der Waals surface area contributed by atoms with Crippen molar-refractivity contribution in [3.8, 4) is 11.5 Å². The van der Waals surface area contributed by atoms with E-state index in [1.54, 1.807) is 49.5 Å².